The van der Waals surface area contributed by atoms with Crippen molar-refractivity contribution in [2.75, 3.05) is 20.8 Å². The summed E-state index contributed by atoms with van der Waals surface area (Å²) in [6, 6.07) is 12.5. The van der Waals surface area contributed by atoms with Crippen molar-refractivity contribution in [3.8, 4) is 17.2 Å². The van der Waals surface area contributed by atoms with Crippen LogP contribution in [0, 0.1) is 0 Å². The maximum Gasteiger partial charge on any atom is 0.203 e. The molecule has 5 heteroatoms. The van der Waals surface area contributed by atoms with Crippen molar-refractivity contribution in [3.63, 3.8) is 0 Å². The molecule has 0 N–H and O–H groups in total. The first-order valence-electron chi connectivity index (χ1n) is 6.29. The van der Waals surface area contributed by atoms with Crippen molar-refractivity contribution >= 4 is 21.7 Å². The molecule has 0 spiro atoms. The fourth-order valence-electron chi connectivity index (χ4n) is 1.88. The van der Waals surface area contributed by atoms with Gasteiger partial charge in [-0.2, -0.15) is 0 Å². The summed E-state index contributed by atoms with van der Waals surface area (Å²) in [7, 11) is 3.08. The smallest absolute Gasteiger partial charge is 0.203 e. The van der Waals surface area contributed by atoms with E-state index in [0.717, 1.165) is 4.47 Å². The molecule has 21 heavy (non-hydrogen) atoms. The van der Waals surface area contributed by atoms with Crippen molar-refractivity contribution in [3.05, 3.63) is 52.5 Å². The van der Waals surface area contributed by atoms with Gasteiger partial charge >= 0.3 is 0 Å². The van der Waals surface area contributed by atoms with Crippen molar-refractivity contribution in [2.45, 2.75) is 0 Å². The molecule has 4 nitrogen and oxygen atoms in total. The molecule has 0 atom stereocenters. The quantitative estimate of drug-likeness (QED) is 0.744. The van der Waals surface area contributed by atoms with Gasteiger partial charge in [0.1, 0.15) is 5.75 Å². The lowest BCUT2D eigenvalue weighted by molar-refractivity contribution is 0.0916. The minimum atomic E-state index is -0.162. The zero-order valence-electron chi connectivity index (χ0n) is 11.8. The summed E-state index contributed by atoms with van der Waals surface area (Å²) >= 11 is 3.38. The van der Waals surface area contributed by atoms with Gasteiger partial charge in [-0.1, -0.05) is 18.2 Å². The van der Waals surface area contributed by atoms with Crippen LogP contribution in [-0.2, 0) is 0 Å². The highest BCUT2D eigenvalue weighted by molar-refractivity contribution is 9.10. The molecule has 2 rings (SSSR count). The van der Waals surface area contributed by atoms with E-state index in [-0.39, 0.29) is 12.4 Å². The molecule has 0 fully saturated rings. The standard InChI is InChI=1S/C16H15BrO4/c1-19-14-8-4-3-6-11(14)13(18)10-21-16-12(17)7-5-9-15(16)20-2/h3-9H,10H2,1-2H3. The largest absolute Gasteiger partial charge is 0.496 e. The number of methoxy groups -OCH3 is 2. The number of Topliss-reactive ketones (excluding diaryl/α,β-unsaturated/α-hetero) is 1. The molecular formula is C16H15BrO4. The predicted octanol–water partition coefficient (Wildman–Crippen LogP) is 3.73. The third-order valence-corrected chi connectivity index (χ3v) is 3.53. The maximum atomic E-state index is 12.2. The zero-order valence-corrected chi connectivity index (χ0v) is 13.3. The molecule has 0 saturated carbocycles. The van der Waals surface area contributed by atoms with Crippen LogP contribution >= 0.6 is 15.9 Å². The molecule has 0 bridgehead atoms. The Morgan fingerprint density at radius 2 is 1.67 bits per heavy atom. The summed E-state index contributed by atoms with van der Waals surface area (Å²) in [5, 5.41) is 0. The summed E-state index contributed by atoms with van der Waals surface area (Å²) in [5.74, 6) is 1.44. The van der Waals surface area contributed by atoms with Crippen molar-refractivity contribution in [1.82, 2.24) is 0 Å². The molecule has 0 aliphatic carbocycles. The molecule has 0 saturated heterocycles. The average molecular weight is 351 g/mol. The Morgan fingerprint density at radius 3 is 2.38 bits per heavy atom. The van der Waals surface area contributed by atoms with Gasteiger partial charge in [0.25, 0.3) is 0 Å². The van der Waals surface area contributed by atoms with Gasteiger partial charge in [0.15, 0.2) is 18.1 Å². The first kappa shape index (κ1) is 15.4. The van der Waals surface area contributed by atoms with E-state index in [1.165, 1.54) is 7.11 Å². The van der Waals surface area contributed by atoms with E-state index in [0.29, 0.717) is 22.8 Å². The van der Waals surface area contributed by atoms with E-state index in [4.69, 9.17) is 14.2 Å². The molecule has 0 amide bonds. The topological polar surface area (TPSA) is 44.8 Å². The van der Waals surface area contributed by atoms with Gasteiger partial charge in [-0.25, -0.2) is 0 Å². The van der Waals surface area contributed by atoms with Crippen LogP contribution in [-0.4, -0.2) is 26.6 Å². The number of ether oxygens (including phenoxy) is 3. The minimum Gasteiger partial charge on any atom is -0.496 e. The number of hydrogen-bond acceptors (Lipinski definition) is 4. The van der Waals surface area contributed by atoms with Crippen LogP contribution in [0.25, 0.3) is 0 Å². The van der Waals surface area contributed by atoms with E-state index < -0.39 is 0 Å². The Kier molecular flexibility index (Phi) is 5.22. The van der Waals surface area contributed by atoms with Crippen LogP contribution in [0.15, 0.2) is 46.9 Å². The van der Waals surface area contributed by atoms with E-state index in [2.05, 4.69) is 15.9 Å². The maximum absolute atomic E-state index is 12.2. The third-order valence-electron chi connectivity index (χ3n) is 2.91. The highest BCUT2D eigenvalue weighted by Crippen LogP contribution is 2.35. The second kappa shape index (κ2) is 7.13. The lowest BCUT2D eigenvalue weighted by Gasteiger charge is -2.12. The highest BCUT2D eigenvalue weighted by atomic mass is 79.9. The van der Waals surface area contributed by atoms with Gasteiger partial charge in [0, 0.05) is 0 Å². The number of carbonyl (C=O) groups is 1. The van der Waals surface area contributed by atoms with E-state index in [9.17, 15) is 4.79 Å². The summed E-state index contributed by atoms with van der Waals surface area (Å²) < 4.78 is 16.7. The van der Waals surface area contributed by atoms with Crippen LogP contribution < -0.4 is 14.2 Å². The monoisotopic (exact) mass is 350 g/mol. The second-order valence-electron chi connectivity index (χ2n) is 4.18. The van der Waals surface area contributed by atoms with Gasteiger partial charge in [0.2, 0.25) is 5.78 Å². The molecule has 2 aromatic rings. The average Bonchev–Trinajstić information content (AvgIpc) is 2.53. The van der Waals surface area contributed by atoms with Crippen molar-refractivity contribution in [2.24, 2.45) is 0 Å². The SMILES string of the molecule is COc1ccccc1C(=O)COc1c(Br)cccc1OC. The van der Waals surface area contributed by atoms with Crippen LogP contribution in [0.3, 0.4) is 0 Å². The Morgan fingerprint density at radius 1 is 1.00 bits per heavy atom. The first-order chi connectivity index (χ1) is 10.2. The number of ketones is 1. The van der Waals surface area contributed by atoms with Crippen LogP contribution in [0.4, 0.5) is 0 Å². The Balaban J connectivity index is 2.15. The Bertz CT molecular complexity index is 640. The molecule has 0 heterocycles. The fraction of sp³-hybridized carbons (Fsp3) is 0.188. The van der Waals surface area contributed by atoms with Crippen molar-refractivity contribution in [1.29, 1.82) is 0 Å². The Labute approximate surface area is 131 Å². The van der Waals surface area contributed by atoms with Gasteiger partial charge in [-0.05, 0) is 40.2 Å². The molecule has 0 aromatic heterocycles. The summed E-state index contributed by atoms with van der Waals surface area (Å²) in [5.41, 5.74) is 0.492. The lowest BCUT2D eigenvalue weighted by Crippen LogP contribution is -2.13. The summed E-state index contributed by atoms with van der Waals surface area (Å²) in [6.45, 7) is -0.0979. The minimum absolute atomic E-state index is 0.0979. The molecule has 0 unspecified atom stereocenters. The van der Waals surface area contributed by atoms with Crippen molar-refractivity contribution < 1.29 is 19.0 Å². The second-order valence-corrected chi connectivity index (χ2v) is 5.04. The number of rotatable bonds is 6. The molecule has 0 radical (unpaired) electrons. The molecule has 2 aromatic carbocycles. The molecule has 0 aliphatic heterocycles. The van der Waals surface area contributed by atoms with E-state index in [1.807, 2.05) is 18.2 Å². The molecule has 110 valence electrons. The number of benzene rings is 2. The summed E-state index contributed by atoms with van der Waals surface area (Å²) in [6.07, 6.45) is 0. The van der Waals surface area contributed by atoms with Gasteiger partial charge in [0.05, 0.1) is 24.3 Å². The van der Waals surface area contributed by atoms with E-state index >= 15 is 0 Å². The lowest BCUT2D eigenvalue weighted by atomic mass is 10.1. The summed E-state index contributed by atoms with van der Waals surface area (Å²) in [4.78, 5) is 12.2. The van der Waals surface area contributed by atoms with Gasteiger partial charge < -0.3 is 14.2 Å². The fourth-order valence-corrected chi connectivity index (χ4v) is 2.34. The normalized spacial score (nSPS) is 10.0. The van der Waals surface area contributed by atoms with Crippen LogP contribution in [0.5, 0.6) is 17.2 Å². The van der Waals surface area contributed by atoms with Crippen LogP contribution in [0.2, 0.25) is 0 Å². The predicted molar refractivity (Wildman–Crippen MR) is 83.5 cm³/mol. The number of hydrogen-bond donors (Lipinski definition) is 0. The Hall–Kier alpha value is -2.01. The van der Waals surface area contributed by atoms with Gasteiger partial charge in [-0.15, -0.1) is 0 Å². The number of para-hydroxylation sites is 2. The highest BCUT2D eigenvalue weighted by Gasteiger charge is 2.15. The van der Waals surface area contributed by atoms with Gasteiger partial charge in [-0.3, -0.25) is 4.79 Å². The third kappa shape index (κ3) is 3.55. The molecular weight excluding hydrogens is 336 g/mol. The number of carbonyl (C=O) groups excluding carboxylic acids is 1. The number of halogens is 1. The van der Waals surface area contributed by atoms with Crippen LogP contribution in [0.1, 0.15) is 10.4 Å². The molecule has 0 aliphatic rings. The first-order valence-corrected chi connectivity index (χ1v) is 7.08. The zero-order chi connectivity index (χ0) is 15.2. The van der Waals surface area contributed by atoms with E-state index in [1.54, 1.807) is 31.4 Å².